The second-order valence-corrected chi connectivity index (χ2v) is 3.97. The van der Waals surface area contributed by atoms with E-state index >= 15 is 0 Å². The van der Waals surface area contributed by atoms with Gasteiger partial charge in [0.15, 0.2) is 0 Å². The largest absolute Gasteiger partial charge is 0.487 e. The molecule has 2 nitrogen and oxygen atoms in total. The molecule has 0 bridgehead atoms. The molecular formula is C13H11ClFNO. The van der Waals surface area contributed by atoms with Crippen molar-refractivity contribution in [1.29, 1.82) is 0 Å². The second kappa shape index (κ2) is 5.06. The number of nitrogens with two attached hydrogens (primary N) is 1. The normalized spacial score (nSPS) is 10.2. The summed E-state index contributed by atoms with van der Waals surface area (Å²) in [6, 6.07) is 11.3. The van der Waals surface area contributed by atoms with Crippen LogP contribution >= 0.6 is 11.6 Å². The van der Waals surface area contributed by atoms with Crippen LogP contribution in [0.2, 0.25) is 5.02 Å². The Morgan fingerprint density at radius 2 is 1.94 bits per heavy atom. The van der Waals surface area contributed by atoms with Crippen molar-refractivity contribution in [3.8, 4) is 5.75 Å². The first-order valence-electron chi connectivity index (χ1n) is 5.08. The number of hydrogen-bond donors (Lipinski definition) is 1. The molecule has 4 heteroatoms. The number of anilines is 1. The van der Waals surface area contributed by atoms with Crippen LogP contribution in [-0.4, -0.2) is 0 Å². The van der Waals surface area contributed by atoms with Gasteiger partial charge in [-0.3, -0.25) is 0 Å². The van der Waals surface area contributed by atoms with Gasteiger partial charge in [-0.15, -0.1) is 0 Å². The van der Waals surface area contributed by atoms with E-state index in [-0.39, 0.29) is 12.4 Å². The highest BCUT2D eigenvalue weighted by Crippen LogP contribution is 2.24. The highest BCUT2D eigenvalue weighted by molar-refractivity contribution is 6.31. The van der Waals surface area contributed by atoms with E-state index < -0.39 is 0 Å². The van der Waals surface area contributed by atoms with Crippen molar-refractivity contribution in [3.63, 3.8) is 0 Å². The average Bonchev–Trinajstić information content (AvgIpc) is 2.32. The molecule has 0 aliphatic carbocycles. The first-order chi connectivity index (χ1) is 8.16. The summed E-state index contributed by atoms with van der Waals surface area (Å²) in [5.74, 6) is -0.0571. The van der Waals surface area contributed by atoms with Crippen LogP contribution in [0.3, 0.4) is 0 Å². The fraction of sp³-hybridized carbons (Fsp3) is 0.0769. The Hall–Kier alpha value is -1.74. The highest BCUT2D eigenvalue weighted by Gasteiger charge is 2.04. The zero-order valence-electron chi connectivity index (χ0n) is 8.99. The molecule has 17 heavy (non-hydrogen) atoms. The summed E-state index contributed by atoms with van der Waals surface area (Å²) in [5.41, 5.74) is 6.90. The quantitative estimate of drug-likeness (QED) is 0.846. The van der Waals surface area contributed by atoms with Crippen molar-refractivity contribution in [1.82, 2.24) is 0 Å². The molecule has 0 aliphatic rings. The van der Waals surface area contributed by atoms with Gasteiger partial charge in [0, 0.05) is 16.7 Å². The van der Waals surface area contributed by atoms with E-state index in [1.807, 2.05) is 18.2 Å². The molecule has 0 fully saturated rings. The first-order valence-corrected chi connectivity index (χ1v) is 5.46. The topological polar surface area (TPSA) is 35.2 Å². The summed E-state index contributed by atoms with van der Waals surface area (Å²) in [5, 5.41) is 0.613. The molecule has 0 aliphatic heterocycles. The van der Waals surface area contributed by atoms with E-state index in [4.69, 9.17) is 22.1 Å². The molecule has 0 unspecified atom stereocenters. The lowest BCUT2D eigenvalue weighted by Crippen LogP contribution is -1.99. The maximum Gasteiger partial charge on any atom is 0.145 e. The molecule has 0 saturated carbocycles. The van der Waals surface area contributed by atoms with Crippen LogP contribution in [0.1, 0.15) is 5.56 Å². The van der Waals surface area contributed by atoms with E-state index in [0.29, 0.717) is 16.5 Å². The molecule has 88 valence electrons. The highest BCUT2D eigenvalue weighted by atomic mass is 35.5. The number of rotatable bonds is 3. The molecule has 2 rings (SSSR count). The summed E-state index contributed by atoms with van der Waals surface area (Å²) in [6.07, 6.45) is 0. The Morgan fingerprint density at radius 3 is 2.71 bits per heavy atom. The lowest BCUT2D eigenvalue weighted by atomic mass is 10.2. The Morgan fingerprint density at radius 1 is 1.18 bits per heavy atom. The van der Waals surface area contributed by atoms with Crippen molar-refractivity contribution in [2.24, 2.45) is 0 Å². The fourth-order valence-electron chi connectivity index (χ4n) is 1.40. The van der Waals surface area contributed by atoms with Crippen LogP contribution in [0.4, 0.5) is 10.1 Å². The third kappa shape index (κ3) is 2.88. The second-order valence-electron chi connectivity index (χ2n) is 3.56. The predicted molar refractivity (Wildman–Crippen MR) is 66.6 cm³/mol. The minimum absolute atomic E-state index is 0.257. The van der Waals surface area contributed by atoms with Gasteiger partial charge in [-0.05, 0) is 18.2 Å². The summed E-state index contributed by atoms with van der Waals surface area (Å²) < 4.78 is 18.4. The fourth-order valence-corrected chi connectivity index (χ4v) is 1.59. The van der Waals surface area contributed by atoms with E-state index in [9.17, 15) is 4.39 Å². The third-order valence-corrected chi connectivity index (χ3v) is 2.69. The molecular weight excluding hydrogens is 241 g/mol. The predicted octanol–water partition coefficient (Wildman–Crippen LogP) is 3.64. The van der Waals surface area contributed by atoms with E-state index in [2.05, 4.69) is 0 Å². The van der Waals surface area contributed by atoms with Gasteiger partial charge in [-0.2, -0.15) is 0 Å². The summed E-state index contributed by atoms with van der Waals surface area (Å²) in [6.45, 7) is 0.257. The first kappa shape index (κ1) is 11.7. The Balaban J connectivity index is 2.12. The Labute approximate surface area is 104 Å². The number of benzene rings is 2. The average molecular weight is 252 g/mol. The molecule has 0 atom stereocenters. The van der Waals surface area contributed by atoms with Crippen molar-refractivity contribution < 1.29 is 9.13 Å². The lowest BCUT2D eigenvalue weighted by molar-refractivity contribution is 0.306. The van der Waals surface area contributed by atoms with E-state index in [1.165, 1.54) is 18.2 Å². The van der Waals surface area contributed by atoms with Crippen molar-refractivity contribution in [2.75, 3.05) is 5.73 Å². The minimum Gasteiger partial charge on any atom is -0.487 e. The van der Waals surface area contributed by atoms with Gasteiger partial charge in [0.2, 0.25) is 0 Å². The van der Waals surface area contributed by atoms with Crippen molar-refractivity contribution in [2.45, 2.75) is 6.61 Å². The molecule has 0 amide bonds. The summed E-state index contributed by atoms with van der Waals surface area (Å²) in [4.78, 5) is 0. The Kier molecular flexibility index (Phi) is 3.49. The third-order valence-electron chi connectivity index (χ3n) is 2.32. The van der Waals surface area contributed by atoms with Crippen LogP contribution in [0.25, 0.3) is 0 Å². The van der Waals surface area contributed by atoms with Crippen LogP contribution in [0.15, 0.2) is 42.5 Å². The van der Waals surface area contributed by atoms with Crippen LogP contribution in [0.5, 0.6) is 5.75 Å². The molecule has 0 heterocycles. The van der Waals surface area contributed by atoms with Crippen molar-refractivity contribution in [3.05, 3.63) is 58.9 Å². The number of halogens is 2. The lowest BCUT2D eigenvalue weighted by Gasteiger charge is -2.09. The van der Waals surface area contributed by atoms with Gasteiger partial charge < -0.3 is 10.5 Å². The van der Waals surface area contributed by atoms with Gasteiger partial charge >= 0.3 is 0 Å². The zero-order chi connectivity index (χ0) is 12.3. The number of hydrogen-bond acceptors (Lipinski definition) is 2. The maximum atomic E-state index is 13.0. The smallest absolute Gasteiger partial charge is 0.145 e. The van der Waals surface area contributed by atoms with Gasteiger partial charge in [-0.25, -0.2) is 4.39 Å². The number of nitrogen functional groups attached to an aromatic ring is 1. The van der Waals surface area contributed by atoms with Gasteiger partial charge in [0.1, 0.15) is 18.2 Å². The van der Waals surface area contributed by atoms with E-state index in [0.717, 1.165) is 5.56 Å². The molecule has 2 N–H and O–H groups in total. The van der Waals surface area contributed by atoms with Crippen molar-refractivity contribution >= 4 is 17.3 Å². The zero-order valence-corrected chi connectivity index (χ0v) is 9.75. The molecule has 0 saturated heterocycles. The summed E-state index contributed by atoms with van der Waals surface area (Å²) in [7, 11) is 0. The minimum atomic E-state index is -0.381. The molecule has 2 aromatic carbocycles. The SMILES string of the molecule is Nc1ccc(F)cc1OCc1ccccc1Cl. The van der Waals surface area contributed by atoms with Gasteiger partial charge in [0.05, 0.1) is 5.69 Å². The van der Waals surface area contributed by atoms with Crippen LogP contribution in [0, 0.1) is 5.82 Å². The van der Waals surface area contributed by atoms with E-state index in [1.54, 1.807) is 6.07 Å². The standard InChI is InChI=1S/C13H11ClFNO/c14-11-4-2-1-3-9(11)8-17-13-7-10(15)5-6-12(13)16/h1-7H,8,16H2. The van der Waals surface area contributed by atoms with Crippen LogP contribution in [-0.2, 0) is 6.61 Å². The molecule has 0 aromatic heterocycles. The Bertz CT molecular complexity index is 531. The van der Waals surface area contributed by atoms with Gasteiger partial charge in [0.25, 0.3) is 0 Å². The maximum absolute atomic E-state index is 13.0. The number of ether oxygens (including phenoxy) is 1. The van der Waals surface area contributed by atoms with Crippen LogP contribution < -0.4 is 10.5 Å². The molecule has 0 radical (unpaired) electrons. The monoisotopic (exact) mass is 251 g/mol. The molecule has 0 spiro atoms. The summed E-state index contributed by atoms with van der Waals surface area (Å²) >= 11 is 5.98. The molecule has 2 aromatic rings. The van der Waals surface area contributed by atoms with Gasteiger partial charge in [-0.1, -0.05) is 29.8 Å².